The second kappa shape index (κ2) is 5.31. The van der Waals surface area contributed by atoms with Gasteiger partial charge in [-0.1, -0.05) is 31.2 Å². The molecule has 0 atom stereocenters. The fourth-order valence-electron chi connectivity index (χ4n) is 1.88. The molecule has 0 spiro atoms. The zero-order chi connectivity index (χ0) is 13.1. The lowest BCUT2D eigenvalue weighted by Crippen LogP contribution is -2.30. The van der Waals surface area contributed by atoms with E-state index < -0.39 is 0 Å². The smallest absolute Gasteiger partial charge is 0.276 e. The molecule has 0 saturated carbocycles. The number of nitrogens with zero attached hydrogens (tertiary/aromatic N) is 1. The molecule has 1 saturated heterocycles. The lowest BCUT2D eigenvalue weighted by atomic mass is 10.1. The van der Waals surface area contributed by atoms with E-state index in [0.29, 0.717) is 17.4 Å². The van der Waals surface area contributed by atoms with E-state index in [2.05, 4.69) is 24.4 Å². The van der Waals surface area contributed by atoms with E-state index in [9.17, 15) is 4.79 Å². The summed E-state index contributed by atoms with van der Waals surface area (Å²) in [6, 6.07) is 8.17. The summed E-state index contributed by atoms with van der Waals surface area (Å²) in [5, 5.41) is 3.44. The predicted octanol–water partition coefficient (Wildman–Crippen LogP) is 2.33. The molecular formula is C14H16N2OS. The Hall–Kier alpha value is -1.68. The molecule has 18 heavy (non-hydrogen) atoms. The van der Waals surface area contributed by atoms with E-state index in [4.69, 9.17) is 12.2 Å². The van der Waals surface area contributed by atoms with E-state index in [1.807, 2.05) is 25.1 Å². The molecule has 1 aromatic rings. The Kier molecular flexibility index (Phi) is 3.77. The molecule has 1 fully saturated rings. The van der Waals surface area contributed by atoms with Crippen LogP contribution in [0.5, 0.6) is 0 Å². The summed E-state index contributed by atoms with van der Waals surface area (Å²) < 4.78 is 0. The fraction of sp³-hybridized carbons (Fsp3) is 0.286. The lowest BCUT2D eigenvalue weighted by Gasteiger charge is -2.08. The van der Waals surface area contributed by atoms with Crippen molar-refractivity contribution in [3.8, 4) is 0 Å². The first-order chi connectivity index (χ1) is 8.65. The summed E-state index contributed by atoms with van der Waals surface area (Å²) in [4.78, 5) is 13.5. The molecule has 1 aromatic carbocycles. The highest BCUT2D eigenvalue weighted by Crippen LogP contribution is 2.14. The van der Waals surface area contributed by atoms with Crippen molar-refractivity contribution in [2.45, 2.75) is 20.3 Å². The zero-order valence-electron chi connectivity index (χ0n) is 10.6. The van der Waals surface area contributed by atoms with Gasteiger partial charge in [0.25, 0.3) is 5.91 Å². The highest BCUT2D eigenvalue weighted by molar-refractivity contribution is 7.80. The number of hydrogen-bond donors (Lipinski definition) is 1. The minimum absolute atomic E-state index is 0.0536. The Labute approximate surface area is 112 Å². The molecule has 1 aliphatic rings. The third-order valence-corrected chi connectivity index (χ3v) is 3.30. The topological polar surface area (TPSA) is 32.3 Å². The average Bonchev–Trinajstić information content (AvgIpc) is 2.65. The number of amides is 1. The highest BCUT2D eigenvalue weighted by atomic mass is 32.1. The van der Waals surface area contributed by atoms with E-state index in [1.165, 1.54) is 5.56 Å². The number of hydrogen-bond acceptors (Lipinski definition) is 2. The van der Waals surface area contributed by atoms with E-state index in [1.54, 1.807) is 4.90 Å². The van der Waals surface area contributed by atoms with Crippen molar-refractivity contribution in [1.29, 1.82) is 0 Å². The number of aryl methyl sites for hydroxylation is 1. The van der Waals surface area contributed by atoms with Crippen LogP contribution in [0.15, 0.2) is 30.0 Å². The van der Waals surface area contributed by atoms with Crippen LogP contribution in [0.2, 0.25) is 0 Å². The Morgan fingerprint density at radius 1 is 1.28 bits per heavy atom. The molecule has 3 nitrogen and oxygen atoms in total. The third-order valence-electron chi connectivity index (χ3n) is 2.98. The summed E-state index contributed by atoms with van der Waals surface area (Å²) in [5.74, 6) is -0.0536. The largest absolute Gasteiger partial charge is 0.328 e. The molecular weight excluding hydrogens is 244 g/mol. The minimum Gasteiger partial charge on any atom is -0.328 e. The molecule has 0 aromatic heterocycles. The van der Waals surface area contributed by atoms with Crippen LogP contribution in [0.3, 0.4) is 0 Å². The second-order valence-corrected chi connectivity index (χ2v) is 4.52. The van der Waals surface area contributed by atoms with Gasteiger partial charge in [0.1, 0.15) is 5.70 Å². The number of benzene rings is 1. The van der Waals surface area contributed by atoms with Gasteiger partial charge in [0, 0.05) is 6.54 Å². The first kappa shape index (κ1) is 12.8. The Morgan fingerprint density at radius 3 is 2.44 bits per heavy atom. The first-order valence-electron chi connectivity index (χ1n) is 6.09. The van der Waals surface area contributed by atoms with Gasteiger partial charge >= 0.3 is 0 Å². The van der Waals surface area contributed by atoms with Gasteiger partial charge in [-0.3, -0.25) is 9.69 Å². The molecule has 0 aliphatic carbocycles. The van der Waals surface area contributed by atoms with Crippen LogP contribution in [0.1, 0.15) is 25.0 Å². The molecule has 0 unspecified atom stereocenters. The molecule has 0 bridgehead atoms. The molecule has 94 valence electrons. The standard InChI is InChI=1S/C14H16N2OS/c1-3-10-5-7-11(8-6-10)9-12-13(17)16(4-2)14(18)15-12/h5-9H,3-4H2,1-2H3,(H,15,18)/b12-9+. The van der Waals surface area contributed by atoms with Crippen LogP contribution >= 0.6 is 12.2 Å². The van der Waals surface area contributed by atoms with Crippen molar-refractivity contribution in [2.75, 3.05) is 6.54 Å². The van der Waals surface area contributed by atoms with Crippen LogP contribution in [0.25, 0.3) is 6.08 Å². The normalized spacial score (nSPS) is 17.4. The molecule has 2 rings (SSSR count). The molecule has 1 aliphatic heterocycles. The van der Waals surface area contributed by atoms with Gasteiger partial charge in [0.05, 0.1) is 0 Å². The van der Waals surface area contributed by atoms with Gasteiger partial charge < -0.3 is 5.32 Å². The van der Waals surface area contributed by atoms with Crippen LogP contribution < -0.4 is 5.32 Å². The third kappa shape index (κ3) is 2.43. The predicted molar refractivity (Wildman–Crippen MR) is 76.9 cm³/mol. The number of likely N-dealkylation sites (N-methyl/N-ethyl adjacent to an activating group) is 1. The zero-order valence-corrected chi connectivity index (χ0v) is 11.4. The summed E-state index contributed by atoms with van der Waals surface area (Å²) in [6.45, 7) is 4.62. The number of rotatable bonds is 3. The van der Waals surface area contributed by atoms with Gasteiger partial charge in [-0.05, 0) is 42.8 Å². The number of carbonyl (C=O) groups is 1. The van der Waals surface area contributed by atoms with E-state index in [0.717, 1.165) is 12.0 Å². The Balaban J connectivity index is 2.23. The Morgan fingerprint density at radius 2 is 1.94 bits per heavy atom. The van der Waals surface area contributed by atoms with Crippen molar-refractivity contribution in [3.63, 3.8) is 0 Å². The number of nitrogens with one attached hydrogen (secondary N) is 1. The molecule has 1 heterocycles. The molecule has 1 amide bonds. The minimum atomic E-state index is -0.0536. The number of carbonyl (C=O) groups excluding carboxylic acids is 1. The quantitative estimate of drug-likeness (QED) is 0.668. The van der Waals surface area contributed by atoms with Crippen LogP contribution in [0.4, 0.5) is 0 Å². The summed E-state index contributed by atoms with van der Waals surface area (Å²) in [7, 11) is 0. The van der Waals surface area contributed by atoms with E-state index >= 15 is 0 Å². The maximum atomic E-state index is 12.0. The van der Waals surface area contributed by atoms with Crippen molar-refractivity contribution >= 4 is 29.3 Å². The monoisotopic (exact) mass is 260 g/mol. The van der Waals surface area contributed by atoms with Crippen LogP contribution in [-0.4, -0.2) is 22.5 Å². The fourth-order valence-corrected chi connectivity index (χ4v) is 2.20. The van der Waals surface area contributed by atoms with Gasteiger partial charge in [0.2, 0.25) is 0 Å². The van der Waals surface area contributed by atoms with Gasteiger partial charge in [-0.25, -0.2) is 0 Å². The van der Waals surface area contributed by atoms with Crippen molar-refractivity contribution in [2.24, 2.45) is 0 Å². The summed E-state index contributed by atoms with van der Waals surface area (Å²) in [5.41, 5.74) is 2.84. The van der Waals surface area contributed by atoms with Crippen molar-refractivity contribution < 1.29 is 4.79 Å². The van der Waals surface area contributed by atoms with Gasteiger partial charge in [-0.2, -0.15) is 0 Å². The van der Waals surface area contributed by atoms with Gasteiger partial charge in [0.15, 0.2) is 5.11 Å². The summed E-state index contributed by atoms with van der Waals surface area (Å²) >= 11 is 5.10. The maximum absolute atomic E-state index is 12.0. The van der Waals surface area contributed by atoms with Crippen molar-refractivity contribution in [3.05, 3.63) is 41.1 Å². The van der Waals surface area contributed by atoms with Crippen LogP contribution in [0, 0.1) is 0 Å². The second-order valence-electron chi connectivity index (χ2n) is 4.13. The molecule has 1 N–H and O–H groups in total. The molecule has 4 heteroatoms. The highest BCUT2D eigenvalue weighted by Gasteiger charge is 2.28. The maximum Gasteiger partial charge on any atom is 0.276 e. The van der Waals surface area contributed by atoms with Crippen LogP contribution in [-0.2, 0) is 11.2 Å². The van der Waals surface area contributed by atoms with E-state index in [-0.39, 0.29) is 5.91 Å². The summed E-state index contributed by atoms with van der Waals surface area (Å²) in [6.07, 6.45) is 2.85. The van der Waals surface area contributed by atoms with Crippen molar-refractivity contribution in [1.82, 2.24) is 10.2 Å². The lowest BCUT2D eigenvalue weighted by molar-refractivity contribution is -0.122. The SMILES string of the molecule is CCc1ccc(/C=C2/NC(=S)N(CC)C2=O)cc1. The Bertz CT molecular complexity index is 505. The first-order valence-corrected chi connectivity index (χ1v) is 6.50. The number of thiocarbonyl (C=S) groups is 1. The molecule has 0 radical (unpaired) electrons. The average molecular weight is 260 g/mol. The van der Waals surface area contributed by atoms with Gasteiger partial charge in [-0.15, -0.1) is 0 Å².